The summed E-state index contributed by atoms with van der Waals surface area (Å²) in [5.74, 6) is -3.09. The minimum absolute atomic E-state index is 0.123. The number of halogens is 3. The number of hydrogen-bond donors (Lipinski definition) is 0. The van der Waals surface area contributed by atoms with Crippen molar-refractivity contribution < 1.29 is 13.6 Å². The van der Waals surface area contributed by atoms with Crippen molar-refractivity contribution >= 4 is 23.5 Å². The number of aromatic nitrogens is 2. The number of carbonyl (C=O) groups excluding carboxylic acids is 1. The molecule has 2 aromatic rings. The first-order valence-corrected chi connectivity index (χ1v) is 8.60. The van der Waals surface area contributed by atoms with Crippen LogP contribution in [0.15, 0.2) is 36.8 Å². The highest BCUT2D eigenvalue weighted by Gasteiger charge is 2.36. The maximum Gasteiger partial charge on any atom is 0.248 e. The van der Waals surface area contributed by atoms with E-state index >= 15 is 0 Å². The van der Waals surface area contributed by atoms with Crippen molar-refractivity contribution in [3.8, 4) is 11.3 Å². The number of ketones is 1. The molecule has 1 aromatic carbocycles. The van der Waals surface area contributed by atoms with Crippen LogP contribution in [0.25, 0.3) is 17.3 Å². The largest absolute Gasteiger partial charge is 0.340 e. The van der Waals surface area contributed by atoms with Crippen LogP contribution in [0.2, 0.25) is 5.02 Å². The number of imidazole rings is 1. The SMILES string of the molecule is Cn1cnc(-c2cccc(Cl)c2/C=C/C(=O)C2CCC(F)(F)CC2)c1. The normalized spacial score (nSPS) is 17.9. The highest BCUT2D eigenvalue weighted by Crippen LogP contribution is 2.37. The van der Waals surface area contributed by atoms with Crippen LogP contribution >= 0.6 is 11.6 Å². The second kappa shape index (κ2) is 7.08. The molecule has 6 heteroatoms. The van der Waals surface area contributed by atoms with Crippen molar-refractivity contribution in [1.82, 2.24) is 9.55 Å². The fraction of sp³-hybridized carbons (Fsp3) is 0.368. The molecule has 0 radical (unpaired) electrons. The van der Waals surface area contributed by atoms with Crippen LogP contribution in [0.1, 0.15) is 31.2 Å². The second-order valence-electron chi connectivity index (χ2n) is 6.49. The molecule has 1 saturated carbocycles. The van der Waals surface area contributed by atoms with Gasteiger partial charge in [-0.1, -0.05) is 23.7 Å². The van der Waals surface area contributed by atoms with Crippen molar-refractivity contribution in [1.29, 1.82) is 0 Å². The number of carbonyl (C=O) groups is 1. The van der Waals surface area contributed by atoms with Gasteiger partial charge in [-0.25, -0.2) is 13.8 Å². The van der Waals surface area contributed by atoms with E-state index in [0.717, 1.165) is 11.3 Å². The summed E-state index contributed by atoms with van der Waals surface area (Å²) in [5, 5.41) is 0.516. The van der Waals surface area contributed by atoms with E-state index in [1.807, 2.05) is 29.9 Å². The van der Waals surface area contributed by atoms with Gasteiger partial charge in [0.1, 0.15) is 0 Å². The molecule has 3 nitrogen and oxygen atoms in total. The Morgan fingerprint density at radius 3 is 2.72 bits per heavy atom. The van der Waals surface area contributed by atoms with Crippen LogP contribution in [0.5, 0.6) is 0 Å². The second-order valence-corrected chi connectivity index (χ2v) is 6.90. The molecule has 1 aromatic heterocycles. The van der Waals surface area contributed by atoms with Crippen molar-refractivity contribution in [3.63, 3.8) is 0 Å². The van der Waals surface area contributed by atoms with Gasteiger partial charge < -0.3 is 4.57 Å². The molecule has 0 amide bonds. The Bertz CT molecular complexity index is 804. The lowest BCUT2D eigenvalue weighted by Crippen LogP contribution is -2.27. The van der Waals surface area contributed by atoms with E-state index in [0.29, 0.717) is 10.6 Å². The van der Waals surface area contributed by atoms with Crippen LogP contribution in [0.3, 0.4) is 0 Å². The summed E-state index contributed by atoms with van der Waals surface area (Å²) in [6.45, 7) is 0. The third-order valence-electron chi connectivity index (χ3n) is 4.57. The molecule has 1 aliphatic carbocycles. The highest BCUT2D eigenvalue weighted by atomic mass is 35.5. The average molecular weight is 365 g/mol. The molecule has 0 N–H and O–H groups in total. The monoisotopic (exact) mass is 364 g/mol. The molecule has 1 heterocycles. The van der Waals surface area contributed by atoms with Crippen molar-refractivity contribution in [2.75, 3.05) is 0 Å². The minimum Gasteiger partial charge on any atom is -0.340 e. The van der Waals surface area contributed by atoms with Crippen LogP contribution in [-0.4, -0.2) is 21.3 Å². The van der Waals surface area contributed by atoms with E-state index in [1.165, 1.54) is 6.08 Å². The predicted molar refractivity (Wildman–Crippen MR) is 94.6 cm³/mol. The quantitative estimate of drug-likeness (QED) is 0.703. The fourth-order valence-electron chi connectivity index (χ4n) is 3.11. The Morgan fingerprint density at radius 2 is 2.08 bits per heavy atom. The maximum atomic E-state index is 13.2. The van der Waals surface area contributed by atoms with Crippen LogP contribution in [0, 0.1) is 5.92 Å². The summed E-state index contributed by atoms with van der Waals surface area (Å²) in [6.07, 6.45) is 6.71. The zero-order valence-electron chi connectivity index (χ0n) is 13.9. The summed E-state index contributed by atoms with van der Waals surface area (Å²) in [4.78, 5) is 16.7. The minimum atomic E-state index is -2.63. The highest BCUT2D eigenvalue weighted by molar-refractivity contribution is 6.32. The first-order valence-electron chi connectivity index (χ1n) is 8.22. The maximum absolute atomic E-state index is 13.2. The van der Waals surface area contributed by atoms with Crippen LogP contribution < -0.4 is 0 Å². The van der Waals surface area contributed by atoms with Gasteiger partial charge in [0.25, 0.3) is 0 Å². The van der Waals surface area contributed by atoms with E-state index in [1.54, 1.807) is 18.5 Å². The van der Waals surface area contributed by atoms with E-state index in [2.05, 4.69) is 4.98 Å². The van der Waals surface area contributed by atoms with E-state index < -0.39 is 5.92 Å². The Labute approximate surface area is 150 Å². The molecule has 132 valence electrons. The fourth-order valence-corrected chi connectivity index (χ4v) is 3.35. The number of allylic oxidation sites excluding steroid dienone is 1. The molecule has 0 spiro atoms. The number of benzene rings is 1. The Kier molecular flexibility index (Phi) is 5.04. The number of hydrogen-bond acceptors (Lipinski definition) is 2. The number of nitrogens with zero attached hydrogens (tertiary/aromatic N) is 2. The van der Waals surface area contributed by atoms with Gasteiger partial charge in [0.2, 0.25) is 5.92 Å². The third kappa shape index (κ3) is 4.15. The Balaban J connectivity index is 1.81. The average Bonchev–Trinajstić information content (AvgIpc) is 2.99. The summed E-state index contributed by atoms with van der Waals surface area (Å²) in [5.41, 5.74) is 2.29. The van der Waals surface area contributed by atoms with Crippen LogP contribution in [-0.2, 0) is 11.8 Å². The predicted octanol–water partition coefficient (Wildman–Crippen LogP) is 5.15. The van der Waals surface area contributed by atoms with Gasteiger partial charge in [0, 0.05) is 48.2 Å². The summed E-state index contributed by atoms with van der Waals surface area (Å²) < 4.78 is 28.3. The first-order chi connectivity index (χ1) is 11.9. The smallest absolute Gasteiger partial charge is 0.248 e. The number of alkyl halides is 2. The topological polar surface area (TPSA) is 34.9 Å². The van der Waals surface area contributed by atoms with Gasteiger partial charge in [-0.05, 0) is 31.1 Å². The van der Waals surface area contributed by atoms with Gasteiger partial charge in [-0.3, -0.25) is 4.79 Å². The molecule has 3 rings (SSSR count). The molecule has 0 bridgehead atoms. The van der Waals surface area contributed by atoms with Crippen molar-refractivity contribution in [2.24, 2.45) is 13.0 Å². The zero-order valence-corrected chi connectivity index (χ0v) is 14.6. The molecule has 0 unspecified atom stereocenters. The van der Waals surface area contributed by atoms with E-state index in [-0.39, 0.29) is 37.4 Å². The zero-order chi connectivity index (χ0) is 18.0. The molecule has 0 saturated heterocycles. The van der Waals surface area contributed by atoms with E-state index in [4.69, 9.17) is 11.6 Å². The lowest BCUT2D eigenvalue weighted by Gasteiger charge is -2.26. The Hall–Kier alpha value is -2.01. The van der Waals surface area contributed by atoms with Crippen molar-refractivity contribution in [3.05, 3.63) is 47.4 Å². The number of aryl methyl sites for hydroxylation is 1. The molecule has 0 aliphatic heterocycles. The molecule has 1 fully saturated rings. The summed E-state index contributed by atoms with van der Waals surface area (Å²) in [6, 6.07) is 5.47. The molecule has 25 heavy (non-hydrogen) atoms. The van der Waals surface area contributed by atoms with Crippen LogP contribution in [0.4, 0.5) is 8.78 Å². The van der Waals surface area contributed by atoms with Gasteiger partial charge in [-0.15, -0.1) is 0 Å². The third-order valence-corrected chi connectivity index (χ3v) is 4.90. The van der Waals surface area contributed by atoms with Gasteiger partial charge >= 0.3 is 0 Å². The molecular weight excluding hydrogens is 346 g/mol. The Morgan fingerprint density at radius 1 is 1.36 bits per heavy atom. The molecule has 1 aliphatic rings. The molecule has 0 atom stereocenters. The van der Waals surface area contributed by atoms with Gasteiger partial charge in [0.05, 0.1) is 12.0 Å². The summed E-state index contributed by atoms with van der Waals surface area (Å²) in [7, 11) is 1.87. The summed E-state index contributed by atoms with van der Waals surface area (Å²) >= 11 is 6.30. The molecular formula is C19H19ClF2N2O. The van der Waals surface area contributed by atoms with Gasteiger partial charge in [0.15, 0.2) is 5.78 Å². The standard InChI is InChI=1S/C19H19ClF2N2O/c1-24-11-17(23-12-24)15-3-2-4-16(20)14(15)5-6-18(25)13-7-9-19(21,22)10-8-13/h2-6,11-13H,7-10H2,1H3/b6-5+. The first kappa shape index (κ1) is 17.8. The van der Waals surface area contributed by atoms with E-state index in [9.17, 15) is 13.6 Å². The van der Waals surface area contributed by atoms with Gasteiger partial charge in [-0.2, -0.15) is 0 Å². The van der Waals surface area contributed by atoms with Crippen molar-refractivity contribution in [2.45, 2.75) is 31.6 Å². The number of rotatable bonds is 4. The lowest BCUT2D eigenvalue weighted by atomic mass is 9.84. The lowest BCUT2D eigenvalue weighted by molar-refractivity contribution is -0.122.